The molecule has 1 amide bonds. The van der Waals surface area contributed by atoms with Crippen LogP contribution in [0.25, 0.3) is 0 Å². The number of nitrogen functional groups attached to an aromatic ring is 1. The van der Waals surface area contributed by atoms with Crippen LogP contribution in [0.3, 0.4) is 0 Å². The van der Waals surface area contributed by atoms with Crippen LogP contribution in [0.5, 0.6) is 0 Å². The fourth-order valence-electron chi connectivity index (χ4n) is 2.82. The van der Waals surface area contributed by atoms with Crippen molar-refractivity contribution in [1.29, 1.82) is 0 Å². The molecular weight excluding hydrogens is 298 g/mol. The zero-order valence-corrected chi connectivity index (χ0v) is 13.3. The molecule has 2 aromatic heterocycles. The van der Waals surface area contributed by atoms with E-state index in [1.54, 1.807) is 0 Å². The van der Waals surface area contributed by atoms with Crippen molar-refractivity contribution < 1.29 is 4.79 Å². The van der Waals surface area contributed by atoms with Crippen LogP contribution in [0, 0.1) is 0 Å². The second-order valence-corrected chi connectivity index (χ2v) is 6.53. The molecule has 4 N–H and O–H groups in total. The molecule has 6 nitrogen and oxygen atoms in total. The fraction of sp³-hybridized carbons (Fsp3) is 0.533. The number of rotatable bonds is 5. The number of anilines is 1. The Morgan fingerprint density at radius 1 is 1.36 bits per heavy atom. The van der Waals surface area contributed by atoms with Gasteiger partial charge in [0.1, 0.15) is 0 Å². The Balaban J connectivity index is 1.50. The van der Waals surface area contributed by atoms with Gasteiger partial charge in [-0.3, -0.25) is 9.89 Å². The summed E-state index contributed by atoms with van der Waals surface area (Å²) in [6.45, 7) is 0.504. The van der Waals surface area contributed by atoms with Crippen molar-refractivity contribution in [2.75, 3.05) is 5.73 Å². The number of nitrogens with zero attached hydrogens (tertiary/aromatic N) is 2. The largest absolute Gasteiger partial charge is 0.375 e. The molecular formula is C15H21N5OS. The van der Waals surface area contributed by atoms with E-state index in [4.69, 9.17) is 5.73 Å². The van der Waals surface area contributed by atoms with Crippen LogP contribution in [-0.4, -0.2) is 21.1 Å². The zero-order valence-electron chi connectivity index (χ0n) is 12.5. The first kappa shape index (κ1) is 15.0. The van der Waals surface area contributed by atoms with Gasteiger partial charge in [-0.2, -0.15) is 5.10 Å². The Morgan fingerprint density at radius 3 is 3.05 bits per heavy atom. The average Bonchev–Trinajstić information content (AvgIpc) is 3.02. The number of aryl methyl sites for hydroxylation is 2. The Bertz CT molecular complexity index is 648. The lowest BCUT2D eigenvalue weighted by Gasteiger charge is -2.05. The van der Waals surface area contributed by atoms with E-state index in [9.17, 15) is 4.79 Å². The standard InChI is InChI=1S/C15H21N5OS/c16-15-18-10(9-22-15)6-7-14(21)17-8-13-11-4-2-1-3-5-12(11)19-20-13/h9H,1-8H2,(H2,16,18)(H,17,21)(H,19,20). The van der Waals surface area contributed by atoms with E-state index in [1.165, 1.54) is 41.9 Å². The number of fused-ring (bicyclic) bond motifs is 1. The first-order chi connectivity index (χ1) is 10.7. The second kappa shape index (κ2) is 6.91. The third-order valence-electron chi connectivity index (χ3n) is 4.02. The van der Waals surface area contributed by atoms with Gasteiger partial charge in [0.2, 0.25) is 5.91 Å². The number of aromatic amines is 1. The van der Waals surface area contributed by atoms with Crippen LogP contribution in [0.4, 0.5) is 5.13 Å². The Hall–Kier alpha value is -1.89. The van der Waals surface area contributed by atoms with Gasteiger partial charge in [-0.05, 0) is 37.7 Å². The minimum Gasteiger partial charge on any atom is -0.375 e. The first-order valence-electron chi connectivity index (χ1n) is 7.74. The molecule has 0 aliphatic heterocycles. The molecule has 0 radical (unpaired) electrons. The lowest BCUT2D eigenvalue weighted by Crippen LogP contribution is -2.23. The fourth-order valence-corrected chi connectivity index (χ4v) is 3.42. The van der Waals surface area contributed by atoms with E-state index in [1.807, 2.05) is 5.38 Å². The third kappa shape index (κ3) is 3.65. The third-order valence-corrected chi connectivity index (χ3v) is 4.75. The maximum Gasteiger partial charge on any atom is 0.220 e. The normalized spacial score (nSPS) is 14.4. The number of amides is 1. The molecule has 0 unspecified atom stereocenters. The van der Waals surface area contributed by atoms with E-state index in [0.29, 0.717) is 24.5 Å². The van der Waals surface area contributed by atoms with Gasteiger partial charge in [0.25, 0.3) is 0 Å². The number of nitrogens with two attached hydrogens (primary N) is 1. The summed E-state index contributed by atoms with van der Waals surface area (Å²) < 4.78 is 0. The van der Waals surface area contributed by atoms with Gasteiger partial charge in [0, 0.05) is 17.5 Å². The zero-order chi connectivity index (χ0) is 15.4. The molecule has 0 saturated heterocycles. The number of carbonyl (C=O) groups is 1. The summed E-state index contributed by atoms with van der Waals surface area (Å²) in [6.07, 6.45) is 6.88. The van der Waals surface area contributed by atoms with E-state index < -0.39 is 0 Å². The summed E-state index contributed by atoms with van der Waals surface area (Å²) in [6, 6.07) is 0. The van der Waals surface area contributed by atoms with E-state index >= 15 is 0 Å². The first-order valence-corrected chi connectivity index (χ1v) is 8.62. The summed E-state index contributed by atoms with van der Waals surface area (Å²) >= 11 is 1.41. The van der Waals surface area contributed by atoms with Crippen molar-refractivity contribution in [2.45, 2.75) is 51.5 Å². The molecule has 0 atom stereocenters. The maximum atomic E-state index is 11.9. The summed E-state index contributed by atoms with van der Waals surface area (Å²) in [5.41, 5.74) is 10.0. The van der Waals surface area contributed by atoms with Crippen molar-refractivity contribution in [3.8, 4) is 0 Å². The number of nitrogens with one attached hydrogen (secondary N) is 2. The van der Waals surface area contributed by atoms with Gasteiger partial charge in [0.05, 0.1) is 17.9 Å². The average molecular weight is 319 g/mol. The Morgan fingerprint density at radius 2 is 2.23 bits per heavy atom. The molecule has 1 aliphatic rings. The SMILES string of the molecule is Nc1nc(CCC(=O)NCc2n[nH]c3c2CCCCC3)cs1. The summed E-state index contributed by atoms with van der Waals surface area (Å²) in [5, 5.41) is 12.9. The van der Waals surface area contributed by atoms with E-state index in [2.05, 4.69) is 20.5 Å². The highest BCUT2D eigenvalue weighted by Crippen LogP contribution is 2.21. The van der Waals surface area contributed by atoms with E-state index in [-0.39, 0.29) is 5.91 Å². The maximum absolute atomic E-state index is 11.9. The highest BCUT2D eigenvalue weighted by Gasteiger charge is 2.16. The van der Waals surface area contributed by atoms with Crippen molar-refractivity contribution in [2.24, 2.45) is 0 Å². The lowest BCUT2D eigenvalue weighted by atomic mass is 10.1. The van der Waals surface area contributed by atoms with Crippen LogP contribution in [-0.2, 0) is 30.6 Å². The smallest absolute Gasteiger partial charge is 0.220 e. The molecule has 118 valence electrons. The van der Waals surface area contributed by atoms with Crippen molar-refractivity contribution in [3.05, 3.63) is 28.0 Å². The molecule has 2 heterocycles. The molecule has 22 heavy (non-hydrogen) atoms. The summed E-state index contributed by atoms with van der Waals surface area (Å²) in [4.78, 5) is 16.1. The molecule has 0 bridgehead atoms. The minimum atomic E-state index is 0.0249. The number of aromatic nitrogens is 3. The van der Waals surface area contributed by atoms with Crippen LogP contribution in [0.1, 0.15) is 48.3 Å². The van der Waals surface area contributed by atoms with Gasteiger partial charge in [-0.1, -0.05) is 6.42 Å². The number of hydrogen-bond donors (Lipinski definition) is 3. The Kier molecular flexibility index (Phi) is 4.72. The molecule has 1 aliphatic carbocycles. The molecule has 0 spiro atoms. The van der Waals surface area contributed by atoms with Crippen LogP contribution >= 0.6 is 11.3 Å². The minimum absolute atomic E-state index is 0.0249. The van der Waals surface area contributed by atoms with Gasteiger partial charge < -0.3 is 11.1 Å². The predicted molar refractivity (Wildman–Crippen MR) is 86.5 cm³/mol. The number of H-pyrrole nitrogens is 1. The van der Waals surface area contributed by atoms with Gasteiger partial charge in [-0.25, -0.2) is 4.98 Å². The molecule has 2 aromatic rings. The highest BCUT2D eigenvalue weighted by atomic mass is 32.1. The number of carbonyl (C=O) groups excluding carboxylic acids is 1. The topological polar surface area (TPSA) is 96.7 Å². The van der Waals surface area contributed by atoms with Crippen molar-refractivity contribution in [1.82, 2.24) is 20.5 Å². The van der Waals surface area contributed by atoms with E-state index in [0.717, 1.165) is 24.2 Å². The van der Waals surface area contributed by atoms with Crippen LogP contribution in [0.15, 0.2) is 5.38 Å². The van der Waals surface area contributed by atoms with Gasteiger partial charge >= 0.3 is 0 Å². The molecule has 0 fully saturated rings. The summed E-state index contributed by atoms with van der Waals surface area (Å²) in [5.74, 6) is 0.0249. The second-order valence-electron chi connectivity index (χ2n) is 5.64. The van der Waals surface area contributed by atoms with Crippen LogP contribution < -0.4 is 11.1 Å². The highest BCUT2D eigenvalue weighted by molar-refractivity contribution is 7.13. The lowest BCUT2D eigenvalue weighted by molar-refractivity contribution is -0.121. The predicted octanol–water partition coefficient (Wildman–Crippen LogP) is 1.97. The van der Waals surface area contributed by atoms with Gasteiger partial charge in [0.15, 0.2) is 5.13 Å². The number of thiazole rings is 1. The van der Waals surface area contributed by atoms with Crippen LogP contribution in [0.2, 0.25) is 0 Å². The number of hydrogen-bond acceptors (Lipinski definition) is 5. The molecule has 7 heteroatoms. The molecule has 0 saturated carbocycles. The van der Waals surface area contributed by atoms with Gasteiger partial charge in [-0.15, -0.1) is 11.3 Å². The van der Waals surface area contributed by atoms with Crippen molar-refractivity contribution >= 4 is 22.4 Å². The molecule has 0 aromatic carbocycles. The summed E-state index contributed by atoms with van der Waals surface area (Å²) in [7, 11) is 0. The Labute approximate surface area is 133 Å². The monoisotopic (exact) mass is 319 g/mol. The van der Waals surface area contributed by atoms with Crippen molar-refractivity contribution in [3.63, 3.8) is 0 Å². The molecule has 3 rings (SSSR count). The quantitative estimate of drug-likeness (QED) is 0.734.